The van der Waals surface area contributed by atoms with Crippen LogP contribution >= 0.6 is 0 Å². The lowest BCUT2D eigenvalue weighted by Gasteiger charge is -2.19. The summed E-state index contributed by atoms with van der Waals surface area (Å²) in [4.78, 5) is 24.3. The van der Waals surface area contributed by atoms with Gasteiger partial charge in [-0.15, -0.1) is 0 Å². The first-order valence-electron chi connectivity index (χ1n) is 8.54. The molecule has 138 valence electrons. The Kier molecular flexibility index (Phi) is 6.03. The van der Waals surface area contributed by atoms with E-state index in [4.69, 9.17) is 4.74 Å². The van der Waals surface area contributed by atoms with Gasteiger partial charge in [-0.1, -0.05) is 39.0 Å². The molecular weight excluding hydrogens is 328 g/mol. The lowest BCUT2D eigenvalue weighted by atomic mass is 9.87. The number of benzene rings is 2. The van der Waals surface area contributed by atoms with Gasteiger partial charge >= 0.3 is 0 Å². The van der Waals surface area contributed by atoms with Gasteiger partial charge < -0.3 is 15.4 Å². The zero-order valence-electron chi connectivity index (χ0n) is 16.0. The van der Waals surface area contributed by atoms with Crippen molar-refractivity contribution in [3.63, 3.8) is 0 Å². The molecule has 0 aliphatic heterocycles. The summed E-state index contributed by atoms with van der Waals surface area (Å²) in [5.74, 6) is -0.197. The number of rotatable bonds is 5. The van der Waals surface area contributed by atoms with Gasteiger partial charge in [-0.25, -0.2) is 0 Å². The Morgan fingerprint density at radius 1 is 0.962 bits per heavy atom. The first-order chi connectivity index (χ1) is 12.2. The SMILES string of the molecule is COc1ccc(C)cc1NC(=O)CC(=O)Nc1ccc(C(C)(C)C)cc1. The van der Waals surface area contributed by atoms with Gasteiger partial charge in [0.15, 0.2) is 0 Å². The second kappa shape index (κ2) is 8.04. The van der Waals surface area contributed by atoms with Crippen LogP contribution in [0.25, 0.3) is 0 Å². The Morgan fingerprint density at radius 2 is 1.58 bits per heavy atom. The van der Waals surface area contributed by atoms with Gasteiger partial charge in [0.1, 0.15) is 12.2 Å². The molecule has 0 saturated heterocycles. The normalized spacial score (nSPS) is 11.0. The van der Waals surface area contributed by atoms with Crippen molar-refractivity contribution in [2.45, 2.75) is 39.5 Å². The molecule has 0 aliphatic carbocycles. The molecule has 0 unspecified atom stereocenters. The monoisotopic (exact) mass is 354 g/mol. The smallest absolute Gasteiger partial charge is 0.233 e. The third-order valence-corrected chi connectivity index (χ3v) is 3.98. The van der Waals surface area contributed by atoms with Crippen molar-refractivity contribution < 1.29 is 14.3 Å². The van der Waals surface area contributed by atoms with Crippen LogP contribution in [0.4, 0.5) is 11.4 Å². The molecule has 5 nitrogen and oxygen atoms in total. The second-order valence-electron chi connectivity index (χ2n) is 7.30. The van der Waals surface area contributed by atoms with E-state index in [1.807, 2.05) is 37.3 Å². The number of aryl methyl sites for hydroxylation is 1. The molecule has 5 heteroatoms. The third kappa shape index (κ3) is 5.34. The summed E-state index contributed by atoms with van der Waals surface area (Å²) in [6, 6.07) is 13.1. The van der Waals surface area contributed by atoms with Crippen molar-refractivity contribution in [2.24, 2.45) is 0 Å². The van der Waals surface area contributed by atoms with E-state index in [0.717, 1.165) is 5.56 Å². The quantitative estimate of drug-likeness (QED) is 0.788. The minimum atomic E-state index is -0.391. The molecule has 2 aromatic carbocycles. The summed E-state index contributed by atoms with van der Waals surface area (Å²) in [5.41, 5.74) is 3.45. The van der Waals surface area contributed by atoms with E-state index in [-0.39, 0.29) is 17.7 Å². The first kappa shape index (κ1) is 19.5. The maximum absolute atomic E-state index is 12.2. The highest BCUT2D eigenvalue weighted by atomic mass is 16.5. The summed E-state index contributed by atoms with van der Waals surface area (Å²) >= 11 is 0. The fourth-order valence-corrected chi connectivity index (χ4v) is 2.52. The van der Waals surface area contributed by atoms with Gasteiger partial charge in [0.25, 0.3) is 0 Å². The molecule has 2 rings (SSSR count). The summed E-state index contributed by atoms with van der Waals surface area (Å²) in [6.45, 7) is 8.31. The molecule has 0 bridgehead atoms. The molecule has 0 spiro atoms. The van der Waals surface area contributed by atoms with Gasteiger partial charge in [0, 0.05) is 5.69 Å². The Hall–Kier alpha value is -2.82. The van der Waals surface area contributed by atoms with Crippen molar-refractivity contribution in [2.75, 3.05) is 17.7 Å². The van der Waals surface area contributed by atoms with Crippen LogP contribution in [-0.4, -0.2) is 18.9 Å². The molecule has 0 saturated carbocycles. The van der Waals surface area contributed by atoms with Crippen LogP contribution in [0.3, 0.4) is 0 Å². The molecule has 2 aromatic rings. The van der Waals surface area contributed by atoms with Gasteiger partial charge in [0.2, 0.25) is 11.8 Å². The average molecular weight is 354 g/mol. The fraction of sp³-hybridized carbons (Fsp3) is 0.333. The Morgan fingerprint density at radius 3 is 2.15 bits per heavy atom. The van der Waals surface area contributed by atoms with E-state index in [2.05, 4.69) is 31.4 Å². The lowest BCUT2D eigenvalue weighted by Crippen LogP contribution is -2.21. The Balaban J connectivity index is 1.95. The summed E-state index contributed by atoms with van der Waals surface area (Å²) in [6.07, 6.45) is -0.266. The van der Waals surface area contributed by atoms with E-state index in [1.165, 1.54) is 12.7 Å². The van der Waals surface area contributed by atoms with E-state index in [9.17, 15) is 9.59 Å². The number of hydrogen-bond acceptors (Lipinski definition) is 3. The van der Waals surface area contributed by atoms with Crippen molar-refractivity contribution in [3.8, 4) is 5.75 Å². The van der Waals surface area contributed by atoms with Crippen LogP contribution in [-0.2, 0) is 15.0 Å². The van der Waals surface area contributed by atoms with E-state index in [1.54, 1.807) is 12.1 Å². The van der Waals surface area contributed by atoms with Crippen LogP contribution < -0.4 is 15.4 Å². The predicted octanol–water partition coefficient (Wildman–Crippen LogP) is 4.27. The molecule has 26 heavy (non-hydrogen) atoms. The number of nitrogens with one attached hydrogen (secondary N) is 2. The van der Waals surface area contributed by atoms with E-state index >= 15 is 0 Å². The first-order valence-corrected chi connectivity index (χ1v) is 8.54. The number of carbonyl (C=O) groups is 2. The molecule has 0 aliphatic rings. The van der Waals surface area contributed by atoms with Crippen molar-refractivity contribution >= 4 is 23.2 Å². The summed E-state index contributed by atoms with van der Waals surface area (Å²) in [5, 5.41) is 5.47. The molecular formula is C21H26N2O3. The lowest BCUT2D eigenvalue weighted by molar-refractivity contribution is -0.123. The number of carbonyl (C=O) groups excluding carboxylic acids is 2. The van der Waals surface area contributed by atoms with Crippen LogP contribution in [0.2, 0.25) is 0 Å². The van der Waals surface area contributed by atoms with E-state index in [0.29, 0.717) is 17.1 Å². The average Bonchev–Trinajstić information content (AvgIpc) is 2.54. The Bertz CT molecular complexity index is 790. The highest BCUT2D eigenvalue weighted by Gasteiger charge is 2.15. The number of ether oxygens (including phenoxy) is 1. The van der Waals surface area contributed by atoms with Crippen LogP contribution in [0.1, 0.15) is 38.3 Å². The molecule has 0 atom stereocenters. The molecule has 0 aromatic heterocycles. The van der Waals surface area contributed by atoms with Crippen LogP contribution in [0.15, 0.2) is 42.5 Å². The van der Waals surface area contributed by atoms with Gasteiger partial charge in [-0.05, 0) is 47.7 Å². The zero-order valence-corrected chi connectivity index (χ0v) is 16.0. The van der Waals surface area contributed by atoms with Crippen LogP contribution in [0, 0.1) is 6.92 Å². The van der Waals surface area contributed by atoms with Crippen molar-refractivity contribution in [1.29, 1.82) is 0 Å². The number of anilines is 2. The minimum Gasteiger partial charge on any atom is -0.495 e. The summed E-state index contributed by atoms with van der Waals surface area (Å²) in [7, 11) is 1.54. The minimum absolute atomic E-state index is 0.0509. The Labute approximate surface area is 154 Å². The van der Waals surface area contributed by atoms with Crippen molar-refractivity contribution in [3.05, 3.63) is 53.6 Å². The van der Waals surface area contributed by atoms with E-state index < -0.39 is 5.91 Å². The largest absolute Gasteiger partial charge is 0.495 e. The number of amides is 2. The second-order valence-corrected chi connectivity index (χ2v) is 7.30. The highest BCUT2D eigenvalue weighted by molar-refractivity contribution is 6.08. The van der Waals surface area contributed by atoms with Gasteiger partial charge in [-0.3, -0.25) is 9.59 Å². The molecule has 2 N–H and O–H groups in total. The third-order valence-electron chi connectivity index (χ3n) is 3.98. The standard InChI is InChI=1S/C21H26N2O3/c1-14-6-11-18(26-5)17(12-14)23-20(25)13-19(24)22-16-9-7-15(8-10-16)21(2,3)4/h6-12H,13H2,1-5H3,(H,22,24)(H,23,25). The highest BCUT2D eigenvalue weighted by Crippen LogP contribution is 2.25. The van der Waals surface area contributed by atoms with Gasteiger partial charge in [0.05, 0.1) is 12.8 Å². The topological polar surface area (TPSA) is 67.4 Å². The molecule has 2 amide bonds. The molecule has 0 heterocycles. The number of hydrogen-bond donors (Lipinski definition) is 2. The number of methoxy groups -OCH3 is 1. The molecule has 0 fully saturated rings. The zero-order chi connectivity index (χ0) is 19.3. The predicted molar refractivity (Wildman–Crippen MR) is 105 cm³/mol. The van der Waals surface area contributed by atoms with Crippen LogP contribution in [0.5, 0.6) is 5.75 Å². The van der Waals surface area contributed by atoms with Gasteiger partial charge in [-0.2, -0.15) is 0 Å². The fourth-order valence-electron chi connectivity index (χ4n) is 2.52. The van der Waals surface area contributed by atoms with Crippen molar-refractivity contribution in [1.82, 2.24) is 0 Å². The summed E-state index contributed by atoms with van der Waals surface area (Å²) < 4.78 is 5.23. The maximum atomic E-state index is 12.2. The maximum Gasteiger partial charge on any atom is 0.233 e. The molecule has 0 radical (unpaired) electrons.